The molecule has 6 nitrogen and oxygen atoms in total. The van der Waals surface area contributed by atoms with E-state index in [4.69, 9.17) is 9.72 Å². The Morgan fingerprint density at radius 3 is 2.50 bits per heavy atom. The maximum Gasteiger partial charge on any atom is 0.301 e. The van der Waals surface area contributed by atoms with Crippen molar-refractivity contribution >= 4 is 55.5 Å². The molecule has 1 saturated heterocycles. The summed E-state index contributed by atoms with van der Waals surface area (Å²) in [6.07, 6.45) is 0. The molecule has 196 valence electrons. The Bertz CT molecular complexity index is 1580. The van der Waals surface area contributed by atoms with Gasteiger partial charge in [0.1, 0.15) is 17.6 Å². The fourth-order valence-electron chi connectivity index (χ4n) is 4.73. The van der Waals surface area contributed by atoms with Crippen molar-refractivity contribution in [2.45, 2.75) is 52.0 Å². The second-order valence-electron chi connectivity index (χ2n) is 10.7. The SMILES string of the molecule is COc1ccc(/C(O)=C2\C(=O)C(=O)N(c3nc4ccc(C(C)C)cc4s3)C2c2cccs2)cc1C(C)(C)C. The normalized spacial score (nSPS) is 17.7. The summed E-state index contributed by atoms with van der Waals surface area (Å²) in [5.41, 5.74) is 3.09. The molecule has 3 heterocycles. The first kappa shape index (κ1) is 26.1. The lowest BCUT2D eigenvalue weighted by Crippen LogP contribution is -2.28. The van der Waals surface area contributed by atoms with Gasteiger partial charge in [-0.15, -0.1) is 11.3 Å². The molecule has 0 radical (unpaired) electrons. The van der Waals surface area contributed by atoms with Gasteiger partial charge in [-0.1, -0.05) is 58.1 Å². The molecule has 1 aliphatic rings. The topological polar surface area (TPSA) is 79.7 Å². The molecule has 0 aliphatic carbocycles. The number of carbonyl (C=O) groups excluding carboxylic acids is 2. The number of anilines is 1. The fraction of sp³-hybridized carbons (Fsp3) is 0.300. The maximum absolute atomic E-state index is 13.5. The smallest absolute Gasteiger partial charge is 0.301 e. The van der Waals surface area contributed by atoms with Crippen LogP contribution in [0.25, 0.3) is 16.0 Å². The van der Waals surface area contributed by atoms with Crippen LogP contribution in [0.15, 0.2) is 59.5 Å². The van der Waals surface area contributed by atoms with Crippen molar-refractivity contribution in [3.05, 3.63) is 81.1 Å². The van der Waals surface area contributed by atoms with Crippen molar-refractivity contribution < 1.29 is 19.4 Å². The molecule has 8 heteroatoms. The number of aliphatic hydroxyl groups is 1. The molecule has 2 aromatic carbocycles. The maximum atomic E-state index is 13.5. The van der Waals surface area contributed by atoms with Crippen LogP contribution in [0.4, 0.5) is 5.13 Å². The third-order valence-corrected chi connectivity index (χ3v) is 8.75. The number of aliphatic hydroxyl groups excluding tert-OH is 1. The van der Waals surface area contributed by atoms with Crippen LogP contribution in [-0.4, -0.2) is 28.9 Å². The van der Waals surface area contributed by atoms with E-state index < -0.39 is 17.7 Å². The quantitative estimate of drug-likeness (QED) is 0.160. The van der Waals surface area contributed by atoms with E-state index in [1.807, 2.05) is 35.7 Å². The second kappa shape index (κ2) is 9.67. The van der Waals surface area contributed by atoms with Crippen LogP contribution >= 0.6 is 22.7 Å². The molecular formula is C30H30N2O4S2. The van der Waals surface area contributed by atoms with Gasteiger partial charge < -0.3 is 9.84 Å². The predicted molar refractivity (Wildman–Crippen MR) is 155 cm³/mol. The number of benzene rings is 2. The van der Waals surface area contributed by atoms with Crippen molar-refractivity contribution in [2.24, 2.45) is 0 Å². The van der Waals surface area contributed by atoms with Gasteiger partial charge in [0.15, 0.2) is 5.13 Å². The summed E-state index contributed by atoms with van der Waals surface area (Å²) in [5, 5.41) is 13.9. The Morgan fingerprint density at radius 1 is 1.11 bits per heavy atom. The Balaban J connectivity index is 1.68. The van der Waals surface area contributed by atoms with Crippen LogP contribution < -0.4 is 9.64 Å². The fourth-order valence-corrected chi connectivity index (χ4v) is 6.60. The highest BCUT2D eigenvalue weighted by Gasteiger charge is 2.48. The largest absolute Gasteiger partial charge is 0.507 e. The first-order chi connectivity index (χ1) is 18.0. The van der Waals surface area contributed by atoms with Gasteiger partial charge in [0, 0.05) is 16.0 Å². The molecule has 2 aromatic heterocycles. The number of hydrogen-bond acceptors (Lipinski definition) is 7. The molecule has 0 saturated carbocycles. The van der Waals surface area contributed by atoms with Gasteiger partial charge in [0.2, 0.25) is 0 Å². The highest BCUT2D eigenvalue weighted by molar-refractivity contribution is 7.22. The van der Waals surface area contributed by atoms with Crippen LogP contribution in [0.3, 0.4) is 0 Å². The molecule has 38 heavy (non-hydrogen) atoms. The van der Waals surface area contributed by atoms with E-state index >= 15 is 0 Å². The number of Topliss-reactive ketones (excluding diaryl/α,β-unsaturated/α-hetero) is 1. The summed E-state index contributed by atoms with van der Waals surface area (Å²) in [6, 6.07) is 14.4. The van der Waals surface area contributed by atoms with Crippen LogP contribution in [0, 0.1) is 0 Å². The van der Waals surface area contributed by atoms with Gasteiger partial charge in [-0.3, -0.25) is 14.5 Å². The highest BCUT2D eigenvalue weighted by Crippen LogP contribution is 2.46. The average molecular weight is 547 g/mol. The Morgan fingerprint density at radius 2 is 1.87 bits per heavy atom. The zero-order chi connectivity index (χ0) is 27.4. The lowest BCUT2D eigenvalue weighted by molar-refractivity contribution is -0.132. The van der Waals surface area contributed by atoms with Crippen LogP contribution in [0.2, 0.25) is 0 Å². The van der Waals surface area contributed by atoms with E-state index in [2.05, 4.69) is 40.7 Å². The molecule has 0 spiro atoms. The van der Waals surface area contributed by atoms with Crippen molar-refractivity contribution in [3.8, 4) is 5.75 Å². The third-order valence-electron chi connectivity index (χ3n) is 6.81. The van der Waals surface area contributed by atoms with Gasteiger partial charge in [-0.25, -0.2) is 4.98 Å². The highest BCUT2D eigenvalue weighted by atomic mass is 32.1. The minimum Gasteiger partial charge on any atom is -0.507 e. The van der Waals surface area contributed by atoms with Gasteiger partial charge >= 0.3 is 5.91 Å². The van der Waals surface area contributed by atoms with E-state index in [9.17, 15) is 14.7 Å². The van der Waals surface area contributed by atoms with E-state index in [-0.39, 0.29) is 16.7 Å². The summed E-state index contributed by atoms with van der Waals surface area (Å²) in [4.78, 5) is 34.0. The number of methoxy groups -OCH3 is 1. The minimum absolute atomic E-state index is 0.0598. The summed E-state index contributed by atoms with van der Waals surface area (Å²) in [6.45, 7) is 10.4. The van der Waals surface area contributed by atoms with E-state index in [0.29, 0.717) is 22.4 Å². The molecule has 1 aliphatic heterocycles. The number of aromatic nitrogens is 1. The number of thiophene rings is 1. The number of nitrogens with zero attached hydrogens (tertiary/aromatic N) is 2. The minimum atomic E-state index is -0.777. The number of carbonyl (C=O) groups is 2. The third kappa shape index (κ3) is 4.41. The Hall–Kier alpha value is -3.49. The Kier molecular flexibility index (Phi) is 6.65. The summed E-state index contributed by atoms with van der Waals surface area (Å²) in [7, 11) is 1.61. The van der Waals surface area contributed by atoms with Crippen molar-refractivity contribution in [2.75, 3.05) is 12.0 Å². The molecule has 1 N–H and O–H groups in total. The van der Waals surface area contributed by atoms with E-state index in [1.165, 1.54) is 33.1 Å². The predicted octanol–water partition coefficient (Wildman–Crippen LogP) is 7.41. The molecule has 1 atom stereocenters. The number of ketones is 1. The lowest BCUT2D eigenvalue weighted by Gasteiger charge is -2.24. The first-order valence-corrected chi connectivity index (χ1v) is 14.1. The summed E-state index contributed by atoms with van der Waals surface area (Å²) >= 11 is 2.81. The van der Waals surface area contributed by atoms with Crippen molar-refractivity contribution in [1.82, 2.24) is 4.98 Å². The zero-order valence-electron chi connectivity index (χ0n) is 22.2. The molecule has 1 amide bonds. The van der Waals surface area contributed by atoms with Gasteiger partial charge in [0.25, 0.3) is 5.78 Å². The van der Waals surface area contributed by atoms with E-state index in [1.54, 1.807) is 19.2 Å². The summed E-state index contributed by atoms with van der Waals surface area (Å²) in [5.74, 6) is -0.582. The van der Waals surface area contributed by atoms with Crippen LogP contribution in [-0.2, 0) is 15.0 Å². The number of ether oxygens (including phenoxy) is 1. The number of fused-ring (bicyclic) bond motifs is 1. The Labute approximate surface area is 230 Å². The van der Waals surface area contributed by atoms with Crippen LogP contribution in [0.1, 0.15) is 68.1 Å². The first-order valence-electron chi connectivity index (χ1n) is 12.4. The molecule has 5 rings (SSSR count). The molecule has 1 unspecified atom stereocenters. The monoisotopic (exact) mass is 546 g/mol. The number of thiazole rings is 1. The lowest BCUT2D eigenvalue weighted by atomic mass is 9.84. The number of rotatable bonds is 5. The van der Waals surface area contributed by atoms with Gasteiger partial charge in [0.05, 0.1) is 22.9 Å². The number of amides is 1. The molecule has 0 bridgehead atoms. The summed E-state index contributed by atoms with van der Waals surface area (Å²) < 4.78 is 6.49. The number of hydrogen-bond donors (Lipinski definition) is 1. The zero-order valence-corrected chi connectivity index (χ0v) is 23.9. The van der Waals surface area contributed by atoms with Crippen molar-refractivity contribution in [3.63, 3.8) is 0 Å². The van der Waals surface area contributed by atoms with Gasteiger partial charge in [-0.2, -0.15) is 0 Å². The molecule has 1 fully saturated rings. The second-order valence-corrected chi connectivity index (χ2v) is 12.7. The standard InChI is InChI=1S/C30H30N2O4S2/c1-16(2)17-9-11-20-23(15-17)38-29(31-20)32-25(22-8-7-13-37-22)24(27(34)28(32)35)26(33)18-10-12-21(36-6)19(14-18)30(3,4)5/h7-16,25,33H,1-6H3/b26-24+. The van der Waals surface area contributed by atoms with Gasteiger partial charge in [-0.05, 0) is 58.7 Å². The molecule has 4 aromatic rings. The van der Waals surface area contributed by atoms with E-state index in [0.717, 1.165) is 20.7 Å². The van der Waals surface area contributed by atoms with Crippen molar-refractivity contribution in [1.29, 1.82) is 0 Å². The average Bonchev–Trinajstić information content (AvgIpc) is 3.60. The van der Waals surface area contributed by atoms with Crippen LogP contribution in [0.5, 0.6) is 5.75 Å². The molecular weight excluding hydrogens is 516 g/mol.